The zero-order valence-corrected chi connectivity index (χ0v) is 19.2. The van der Waals surface area contributed by atoms with E-state index in [-0.39, 0.29) is 23.2 Å². The molecule has 4 atom stereocenters. The van der Waals surface area contributed by atoms with Gasteiger partial charge in [0.15, 0.2) is 11.4 Å². The van der Waals surface area contributed by atoms with E-state index in [4.69, 9.17) is 17.2 Å². The minimum Gasteiger partial charge on any atom is -0.508 e. The second-order valence-corrected chi connectivity index (χ2v) is 11.0. The van der Waals surface area contributed by atoms with Gasteiger partial charge in [-0.25, -0.2) is 13.1 Å². The van der Waals surface area contributed by atoms with Crippen LogP contribution in [0, 0.1) is 11.3 Å². The molecular weight excluding hydrogens is 484 g/mol. The normalized spacial score (nSPS) is 30.6. The van der Waals surface area contributed by atoms with Gasteiger partial charge in [-0.3, -0.25) is 14.4 Å². The highest BCUT2D eigenvalue weighted by molar-refractivity contribution is 7.88. The third kappa shape index (κ3) is 3.32. The predicted molar refractivity (Wildman–Crippen MR) is 121 cm³/mol. The first-order valence-electron chi connectivity index (χ1n) is 10.4. The number of phenolic OH excluding ortho intramolecular Hbond substituents is 1. The molecule has 0 saturated heterocycles. The van der Waals surface area contributed by atoms with Crippen LogP contribution in [-0.4, -0.2) is 70.8 Å². The molecule has 0 radical (unpaired) electrons. The van der Waals surface area contributed by atoms with Gasteiger partial charge in [0.1, 0.15) is 22.8 Å². The minimum atomic E-state index is -3.84. The standard InChI is InChI=1S/C21H24N4O9S/c1-35(33,34)25-6-20-4-7-9(22)2-3-10(26)11(7)15(27)13(20)18(30)21(32)8(5-20)14(23)16(28)12(17(21)29)19(24)31/h2-3,8,14,25-27,29,32H,4-6,22-23H2,1H3,(H2,24,31)/t8-,14-,20-,21+/m0/s1. The average molecular weight is 509 g/mol. The van der Waals surface area contributed by atoms with Gasteiger partial charge in [0.05, 0.1) is 17.9 Å². The number of anilines is 1. The fraction of sp³-hybridized carbons (Fsp3) is 0.381. The second kappa shape index (κ2) is 7.52. The molecule has 3 aliphatic carbocycles. The lowest BCUT2D eigenvalue weighted by Crippen LogP contribution is -2.68. The molecule has 0 aliphatic heterocycles. The monoisotopic (exact) mass is 508 g/mol. The molecule has 0 aromatic heterocycles. The number of ketones is 2. The second-order valence-electron chi connectivity index (χ2n) is 9.19. The number of carbonyl (C=O) groups is 3. The first-order valence-corrected chi connectivity index (χ1v) is 12.3. The SMILES string of the molecule is CS(=O)(=O)NC[C@@]12Cc3c(N)ccc(O)c3C(O)=C1C(=O)[C@]1(O)C(O)=C(C(N)=O)C(=O)[C@@H](N)[C@@H]1C2. The number of primary amides is 1. The number of hydrogen-bond donors (Lipinski definition) is 8. The van der Waals surface area contributed by atoms with Gasteiger partial charge in [0.25, 0.3) is 5.91 Å². The molecule has 11 N–H and O–H groups in total. The van der Waals surface area contributed by atoms with Crippen molar-refractivity contribution in [3.63, 3.8) is 0 Å². The lowest BCUT2D eigenvalue weighted by atomic mass is 9.52. The Morgan fingerprint density at radius 1 is 1.23 bits per heavy atom. The smallest absolute Gasteiger partial charge is 0.255 e. The Morgan fingerprint density at radius 2 is 1.86 bits per heavy atom. The zero-order chi connectivity index (χ0) is 26.2. The summed E-state index contributed by atoms with van der Waals surface area (Å²) >= 11 is 0. The van der Waals surface area contributed by atoms with Crippen molar-refractivity contribution in [3.05, 3.63) is 40.2 Å². The van der Waals surface area contributed by atoms with Gasteiger partial charge in [-0.1, -0.05) is 0 Å². The van der Waals surface area contributed by atoms with E-state index in [1.165, 1.54) is 12.1 Å². The molecule has 4 rings (SSSR count). The number of Topliss-reactive ketones (excluding diaryl/α,β-unsaturated/α-hetero) is 2. The van der Waals surface area contributed by atoms with Crippen molar-refractivity contribution in [2.24, 2.45) is 22.8 Å². The fourth-order valence-corrected chi connectivity index (χ4v) is 5.95. The fourth-order valence-electron chi connectivity index (χ4n) is 5.42. The maximum absolute atomic E-state index is 13.8. The van der Waals surface area contributed by atoms with E-state index in [9.17, 15) is 43.2 Å². The van der Waals surface area contributed by atoms with E-state index < -0.39 is 91.9 Å². The third-order valence-corrected chi connectivity index (χ3v) is 7.74. The summed E-state index contributed by atoms with van der Waals surface area (Å²) in [4.78, 5) is 38.4. The van der Waals surface area contributed by atoms with Crippen LogP contribution in [0.5, 0.6) is 5.75 Å². The van der Waals surface area contributed by atoms with Gasteiger partial charge < -0.3 is 37.6 Å². The van der Waals surface area contributed by atoms with E-state index in [0.29, 0.717) is 0 Å². The van der Waals surface area contributed by atoms with E-state index in [0.717, 1.165) is 6.26 Å². The maximum atomic E-state index is 13.8. The molecule has 1 fully saturated rings. The van der Waals surface area contributed by atoms with Gasteiger partial charge in [0, 0.05) is 29.1 Å². The van der Waals surface area contributed by atoms with E-state index in [1.54, 1.807) is 0 Å². The highest BCUT2D eigenvalue weighted by Crippen LogP contribution is 2.57. The Balaban J connectivity index is 2.05. The Bertz CT molecular complexity index is 1380. The van der Waals surface area contributed by atoms with Gasteiger partial charge >= 0.3 is 0 Å². The summed E-state index contributed by atoms with van der Waals surface area (Å²) in [6.07, 6.45) is 0.278. The number of aliphatic hydroxyl groups is 3. The average Bonchev–Trinajstić information content (AvgIpc) is 2.75. The topological polar surface area (TPSA) is 256 Å². The lowest BCUT2D eigenvalue weighted by molar-refractivity contribution is -0.152. The molecule has 0 bridgehead atoms. The quantitative estimate of drug-likeness (QED) is 0.124. The molecule has 1 aromatic carbocycles. The van der Waals surface area contributed by atoms with Crippen LogP contribution in [-0.2, 0) is 30.8 Å². The summed E-state index contributed by atoms with van der Waals surface area (Å²) in [7, 11) is -3.84. The van der Waals surface area contributed by atoms with Gasteiger partial charge in [0.2, 0.25) is 15.8 Å². The first-order chi connectivity index (χ1) is 16.1. The van der Waals surface area contributed by atoms with Gasteiger partial charge in [-0.05, 0) is 30.5 Å². The summed E-state index contributed by atoms with van der Waals surface area (Å²) in [6, 6.07) is 0.855. The van der Waals surface area contributed by atoms with Crippen molar-refractivity contribution in [3.8, 4) is 5.75 Å². The van der Waals surface area contributed by atoms with Gasteiger partial charge in [-0.15, -0.1) is 0 Å². The Morgan fingerprint density at radius 3 is 2.43 bits per heavy atom. The molecule has 1 saturated carbocycles. The van der Waals surface area contributed by atoms with Crippen molar-refractivity contribution >= 4 is 38.9 Å². The van der Waals surface area contributed by atoms with Crippen molar-refractivity contribution in [1.29, 1.82) is 0 Å². The molecule has 3 aliphatic rings. The minimum absolute atomic E-state index is 0.123. The van der Waals surface area contributed by atoms with Crippen molar-refractivity contribution in [1.82, 2.24) is 4.72 Å². The maximum Gasteiger partial charge on any atom is 0.255 e. The number of phenols is 1. The Hall–Kier alpha value is -3.46. The third-order valence-electron chi connectivity index (χ3n) is 7.07. The van der Waals surface area contributed by atoms with Crippen LogP contribution < -0.4 is 21.9 Å². The van der Waals surface area contributed by atoms with Crippen LogP contribution in [0.3, 0.4) is 0 Å². The number of fused-ring (bicyclic) bond motifs is 3. The predicted octanol–water partition coefficient (Wildman–Crippen LogP) is -2.14. The highest BCUT2D eigenvalue weighted by atomic mass is 32.2. The number of benzene rings is 1. The van der Waals surface area contributed by atoms with Crippen molar-refractivity contribution < 1.29 is 43.2 Å². The zero-order valence-electron chi connectivity index (χ0n) is 18.4. The molecule has 1 amide bonds. The molecule has 0 unspecified atom stereocenters. The summed E-state index contributed by atoms with van der Waals surface area (Å²) in [5.74, 6) is -7.93. The first kappa shape index (κ1) is 24.7. The molecule has 14 heteroatoms. The number of amides is 1. The number of hydrogen-bond acceptors (Lipinski definition) is 11. The molecule has 188 valence electrons. The summed E-state index contributed by atoms with van der Waals surface area (Å²) < 4.78 is 26.2. The number of nitrogen functional groups attached to an aromatic ring is 1. The molecule has 35 heavy (non-hydrogen) atoms. The number of aliphatic hydroxyl groups excluding tert-OH is 2. The number of aromatic hydroxyl groups is 1. The summed E-state index contributed by atoms with van der Waals surface area (Å²) in [5.41, 5.74) is 11.3. The molecule has 0 heterocycles. The highest BCUT2D eigenvalue weighted by Gasteiger charge is 2.66. The molecule has 0 spiro atoms. The summed E-state index contributed by atoms with van der Waals surface area (Å²) in [5, 5.41) is 43.7. The largest absolute Gasteiger partial charge is 0.508 e. The number of nitrogens with one attached hydrogen (secondary N) is 1. The molecule has 13 nitrogen and oxygen atoms in total. The van der Waals surface area contributed by atoms with Crippen molar-refractivity contribution in [2.45, 2.75) is 24.5 Å². The lowest BCUT2D eigenvalue weighted by Gasteiger charge is -2.53. The Labute approximate surface area is 199 Å². The van der Waals surface area contributed by atoms with Crippen LogP contribution in [0.4, 0.5) is 5.69 Å². The van der Waals surface area contributed by atoms with Crippen LogP contribution in [0.2, 0.25) is 0 Å². The Kier molecular flexibility index (Phi) is 5.30. The van der Waals surface area contributed by atoms with Crippen molar-refractivity contribution in [2.75, 3.05) is 18.5 Å². The van der Waals surface area contributed by atoms with Crippen LogP contribution in [0.15, 0.2) is 29.0 Å². The van der Waals surface area contributed by atoms with E-state index >= 15 is 0 Å². The van der Waals surface area contributed by atoms with Crippen LogP contribution in [0.1, 0.15) is 17.5 Å². The number of carbonyl (C=O) groups excluding carboxylic acids is 3. The molecular formula is C21H24N4O9S. The molecule has 1 aromatic rings. The number of sulfonamides is 1. The van der Waals surface area contributed by atoms with E-state index in [2.05, 4.69) is 4.72 Å². The van der Waals surface area contributed by atoms with Gasteiger partial charge in [-0.2, -0.15) is 0 Å². The number of nitrogens with two attached hydrogens (primary N) is 3. The number of rotatable bonds is 4. The van der Waals surface area contributed by atoms with Crippen LogP contribution >= 0.6 is 0 Å². The summed E-state index contributed by atoms with van der Waals surface area (Å²) in [6.45, 7) is -0.480. The van der Waals surface area contributed by atoms with E-state index in [1.807, 2.05) is 0 Å². The van der Waals surface area contributed by atoms with Crippen LogP contribution in [0.25, 0.3) is 5.76 Å².